The molecular formula is C13H17N. The highest BCUT2D eigenvalue weighted by Crippen LogP contribution is 2.28. The first kappa shape index (κ1) is 8.49. The topological polar surface area (TPSA) is 3.01 Å². The molecule has 1 aromatic carbocycles. The van der Waals surface area contributed by atoms with Crippen molar-refractivity contribution >= 4 is 0 Å². The quantitative estimate of drug-likeness (QED) is 0.609. The maximum Gasteiger partial charge on any atom is 0.0140 e. The van der Waals surface area contributed by atoms with Gasteiger partial charge >= 0.3 is 0 Å². The highest BCUT2D eigenvalue weighted by Gasteiger charge is 2.30. The lowest BCUT2D eigenvalue weighted by atomic mass is 9.87. The van der Waals surface area contributed by atoms with Crippen LogP contribution < -0.4 is 0 Å². The molecule has 3 rings (SSSR count). The van der Waals surface area contributed by atoms with Gasteiger partial charge in [0.25, 0.3) is 0 Å². The minimum Gasteiger partial charge on any atom is -0.298 e. The summed E-state index contributed by atoms with van der Waals surface area (Å²) in [4.78, 5) is 2.60. The zero-order valence-electron chi connectivity index (χ0n) is 8.79. The van der Waals surface area contributed by atoms with E-state index in [2.05, 4.69) is 30.0 Å². The van der Waals surface area contributed by atoms with Crippen LogP contribution in [0.5, 0.6) is 0 Å². The smallest absolute Gasteiger partial charge is 0.0140 e. The Balaban J connectivity index is 1.88. The van der Waals surface area contributed by atoms with Gasteiger partial charge in [-0.05, 0) is 37.3 Å². The van der Waals surface area contributed by atoms with E-state index in [4.69, 9.17) is 0 Å². The molecule has 1 atom stereocenters. The Morgan fingerprint density at radius 3 is 2.86 bits per heavy atom. The first-order valence-corrected chi connectivity index (χ1v) is 5.65. The third-order valence-corrected chi connectivity index (χ3v) is 3.56. The molecule has 1 heteroatoms. The Labute approximate surface area is 85.7 Å². The zero-order valence-corrected chi connectivity index (χ0v) is 8.79. The largest absolute Gasteiger partial charge is 0.298 e. The summed E-state index contributed by atoms with van der Waals surface area (Å²) in [5.74, 6) is 0. The molecule has 74 valence electrons. The molecule has 1 heterocycles. The molecule has 2 aliphatic rings. The molecule has 1 aromatic rings. The summed E-state index contributed by atoms with van der Waals surface area (Å²) < 4.78 is 0. The Hall–Kier alpha value is -0.820. The monoisotopic (exact) mass is 187 g/mol. The Morgan fingerprint density at radius 1 is 1.21 bits per heavy atom. The van der Waals surface area contributed by atoms with Crippen molar-refractivity contribution in [2.24, 2.45) is 0 Å². The van der Waals surface area contributed by atoms with Crippen LogP contribution in [0.15, 0.2) is 18.2 Å². The Bertz CT molecular complexity index is 352. The van der Waals surface area contributed by atoms with E-state index in [1.807, 2.05) is 0 Å². The van der Waals surface area contributed by atoms with Gasteiger partial charge in [-0.2, -0.15) is 0 Å². The Morgan fingerprint density at radius 2 is 2.07 bits per heavy atom. The highest BCUT2D eigenvalue weighted by atomic mass is 15.3. The van der Waals surface area contributed by atoms with Gasteiger partial charge in [-0.1, -0.05) is 23.8 Å². The molecule has 0 spiro atoms. The second-order valence-corrected chi connectivity index (χ2v) is 4.70. The third kappa shape index (κ3) is 1.46. The second kappa shape index (κ2) is 3.09. The average molecular weight is 187 g/mol. The molecule has 0 radical (unpaired) electrons. The van der Waals surface area contributed by atoms with Crippen LogP contribution in [0.4, 0.5) is 0 Å². The highest BCUT2D eigenvalue weighted by molar-refractivity contribution is 5.34. The molecule has 1 nitrogen and oxygen atoms in total. The number of rotatable bonds is 1. The van der Waals surface area contributed by atoms with Crippen LogP contribution in [-0.4, -0.2) is 24.0 Å². The van der Waals surface area contributed by atoms with E-state index in [9.17, 15) is 0 Å². The van der Waals surface area contributed by atoms with Gasteiger partial charge < -0.3 is 0 Å². The van der Waals surface area contributed by atoms with Crippen LogP contribution in [-0.2, 0) is 12.8 Å². The van der Waals surface area contributed by atoms with Gasteiger partial charge in [0.2, 0.25) is 0 Å². The summed E-state index contributed by atoms with van der Waals surface area (Å²) >= 11 is 0. The third-order valence-electron chi connectivity index (χ3n) is 3.56. The maximum absolute atomic E-state index is 2.60. The number of hydrogen-bond acceptors (Lipinski definition) is 1. The van der Waals surface area contributed by atoms with E-state index in [0.717, 1.165) is 6.04 Å². The van der Waals surface area contributed by atoms with Crippen LogP contribution in [0.1, 0.15) is 23.1 Å². The number of benzene rings is 1. The van der Waals surface area contributed by atoms with Crippen molar-refractivity contribution in [1.29, 1.82) is 0 Å². The van der Waals surface area contributed by atoms with Crippen molar-refractivity contribution in [3.63, 3.8) is 0 Å². The van der Waals surface area contributed by atoms with E-state index in [0.29, 0.717) is 0 Å². The van der Waals surface area contributed by atoms with E-state index < -0.39 is 0 Å². The standard InChI is InChI=1S/C13H17N/c1-10-2-3-11-4-5-13(14-6-7-14)9-12(11)8-10/h2-3,8,13H,4-7,9H2,1H3. The van der Waals surface area contributed by atoms with Crippen LogP contribution in [0.2, 0.25) is 0 Å². The van der Waals surface area contributed by atoms with Crippen molar-refractivity contribution in [3.8, 4) is 0 Å². The van der Waals surface area contributed by atoms with Crippen molar-refractivity contribution in [2.45, 2.75) is 32.2 Å². The van der Waals surface area contributed by atoms with Gasteiger partial charge in [0.15, 0.2) is 0 Å². The van der Waals surface area contributed by atoms with E-state index in [-0.39, 0.29) is 0 Å². The first-order chi connectivity index (χ1) is 6.83. The summed E-state index contributed by atoms with van der Waals surface area (Å²) in [5, 5.41) is 0. The molecule has 0 saturated carbocycles. The molecule has 1 fully saturated rings. The van der Waals surface area contributed by atoms with Crippen molar-refractivity contribution in [1.82, 2.24) is 4.90 Å². The number of hydrogen-bond donors (Lipinski definition) is 0. The van der Waals surface area contributed by atoms with Crippen LogP contribution >= 0.6 is 0 Å². The van der Waals surface area contributed by atoms with Gasteiger partial charge in [-0.15, -0.1) is 0 Å². The minimum atomic E-state index is 0.851. The van der Waals surface area contributed by atoms with Gasteiger partial charge in [-0.25, -0.2) is 0 Å². The molecule has 14 heavy (non-hydrogen) atoms. The summed E-state index contributed by atoms with van der Waals surface area (Å²) in [6.45, 7) is 4.87. The first-order valence-electron chi connectivity index (χ1n) is 5.65. The van der Waals surface area contributed by atoms with Crippen LogP contribution in [0.3, 0.4) is 0 Å². The van der Waals surface area contributed by atoms with E-state index in [1.54, 1.807) is 11.1 Å². The lowest BCUT2D eigenvalue weighted by Crippen LogP contribution is -2.26. The van der Waals surface area contributed by atoms with Crippen molar-refractivity contribution in [2.75, 3.05) is 13.1 Å². The Kier molecular flexibility index (Phi) is 1.88. The summed E-state index contributed by atoms with van der Waals surface area (Å²) in [5.41, 5.74) is 4.61. The fourth-order valence-electron chi connectivity index (χ4n) is 2.60. The van der Waals surface area contributed by atoms with Gasteiger partial charge in [0.1, 0.15) is 0 Å². The maximum atomic E-state index is 2.60. The summed E-state index contributed by atoms with van der Waals surface area (Å²) in [6, 6.07) is 7.80. The van der Waals surface area contributed by atoms with Crippen LogP contribution in [0, 0.1) is 6.92 Å². The lowest BCUT2D eigenvalue weighted by Gasteiger charge is -2.25. The van der Waals surface area contributed by atoms with Crippen molar-refractivity contribution < 1.29 is 0 Å². The predicted octanol–water partition coefficient (Wildman–Crippen LogP) is 2.17. The van der Waals surface area contributed by atoms with Crippen LogP contribution in [0.25, 0.3) is 0 Å². The predicted molar refractivity (Wildman–Crippen MR) is 58.6 cm³/mol. The minimum absolute atomic E-state index is 0.851. The number of nitrogens with zero attached hydrogens (tertiary/aromatic N) is 1. The van der Waals surface area contributed by atoms with E-state index >= 15 is 0 Å². The van der Waals surface area contributed by atoms with Crippen molar-refractivity contribution in [3.05, 3.63) is 34.9 Å². The summed E-state index contributed by atoms with van der Waals surface area (Å²) in [7, 11) is 0. The molecule has 1 saturated heterocycles. The second-order valence-electron chi connectivity index (χ2n) is 4.70. The number of fused-ring (bicyclic) bond motifs is 1. The molecule has 0 N–H and O–H groups in total. The normalized spacial score (nSPS) is 25.9. The fraction of sp³-hybridized carbons (Fsp3) is 0.538. The zero-order chi connectivity index (χ0) is 9.54. The average Bonchev–Trinajstić information content (AvgIpc) is 3.00. The van der Waals surface area contributed by atoms with Gasteiger partial charge in [0.05, 0.1) is 0 Å². The molecule has 1 aliphatic carbocycles. The molecule has 1 aliphatic heterocycles. The number of aryl methyl sites for hydroxylation is 2. The molecular weight excluding hydrogens is 170 g/mol. The fourth-order valence-corrected chi connectivity index (χ4v) is 2.60. The molecule has 0 bridgehead atoms. The molecule has 0 amide bonds. The lowest BCUT2D eigenvalue weighted by molar-refractivity contribution is 0.359. The van der Waals surface area contributed by atoms with Gasteiger partial charge in [0, 0.05) is 19.1 Å². The van der Waals surface area contributed by atoms with E-state index in [1.165, 1.54) is 37.9 Å². The summed E-state index contributed by atoms with van der Waals surface area (Å²) in [6.07, 6.45) is 3.95. The SMILES string of the molecule is Cc1ccc2c(c1)CC(N1CC1)CC2. The van der Waals surface area contributed by atoms with Gasteiger partial charge in [-0.3, -0.25) is 4.90 Å². The molecule has 0 aromatic heterocycles. The molecule has 1 unspecified atom stereocenters.